The minimum Gasteiger partial charge on any atom is -0.386 e. The SMILES string of the molecule is CCNC(=NCC(O)c1ccc(Cl)cc1)NCC1CN(CC(C)C)CCO1. The van der Waals surface area contributed by atoms with E-state index in [1.165, 1.54) is 0 Å². The number of morpholine rings is 1. The van der Waals surface area contributed by atoms with Gasteiger partial charge in [0.15, 0.2) is 5.96 Å². The Morgan fingerprint density at radius 1 is 1.33 bits per heavy atom. The van der Waals surface area contributed by atoms with Crippen molar-refractivity contribution in [2.24, 2.45) is 10.9 Å². The molecule has 6 nitrogen and oxygen atoms in total. The van der Waals surface area contributed by atoms with Crippen LogP contribution in [-0.4, -0.2) is 67.9 Å². The zero-order chi connectivity index (χ0) is 19.6. The average molecular weight is 397 g/mol. The lowest BCUT2D eigenvalue weighted by molar-refractivity contribution is -0.0284. The molecule has 0 radical (unpaired) electrons. The van der Waals surface area contributed by atoms with Crippen LogP contribution in [-0.2, 0) is 4.74 Å². The molecule has 0 bridgehead atoms. The first-order valence-corrected chi connectivity index (χ1v) is 10.1. The molecule has 1 aliphatic heterocycles. The molecule has 0 spiro atoms. The number of benzene rings is 1. The zero-order valence-electron chi connectivity index (χ0n) is 16.6. The van der Waals surface area contributed by atoms with Gasteiger partial charge in [0, 0.05) is 37.7 Å². The second kappa shape index (κ2) is 11.5. The molecule has 0 amide bonds. The van der Waals surface area contributed by atoms with E-state index in [2.05, 4.69) is 34.4 Å². The fourth-order valence-corrected chi connectivity index (χ4v) is 3.23. The number of halogens is 1. The Bertz CT molecular complexity index is 580. The molecular formula is C20H33ClN4O2. The van der Waals surface area contributed by atoms with Gasteiger partial charge in [-0.25, -0.2) is 0 Å². The van der Waals surface area contributed by atoms with Crippen LogP contribution in [0.15, 0.2) is 29.3 Å². The molecule has 27 heavy (non-hydrogen) atoms. The third kappa shape index (κ3) is 8.05. The van der Waals surface area contributed by atoms with Crippen molar-refractivity contribution in [1.82, 2.24) is 15.5 Å². The Hall–Kier alpha value is -1.34. The molecule has 1 aliphatic rings. The summed E-state index contributed by atoms with van der Waals surface area (Å²) in [5, 5.41) is 17.5. The molecule has 3 N–H and O–H groups in total. The monoisotopic (exact) mass is 396 g/mol. The average Bonchev–Trinajstić information content (AvgIpc) is 2.64. The van der Waals surface area contributed by atoms with Gasteiger partial charge in [0.05, 0.1) is 25.4 Å². The normalized spacial score (nSPS) is 19.9. The van der Waals surface area contributed by atoms with E-state index in [0.29, 0.717) is 23.4 Å². The molecule has 2 unspecified atom stereocenters. The minimum atomic E-state index is -0.662. The summed E-state index contributed by atoms with van der Waals surface area (Å²) in [6.45, 7) is 12.0. The number of hydrogen-bond acceptors (Lipinski definition) is 4. The van der Waals surface area contributed by atoms with E-state index >= 15 is 0 Å². The molecule has 2 atom stereocenters. The molecular weight excluding hydrogens is 364 g/mol. The Labute approximate surface area is 168 Å². The van der Waals surface area contributed by atoms with Crippen LogP contribution in [0.5, 0.6) is 0 Å². The van der Waals surface area contributed by atoms with E-state index in [-0.39, 0.29) is 12.6 Å². The lowest BCUT2D eigenvalue weighted by Crippen LogP contribution is -2.50. The number of aliphatic imine (C=N–C) groups is 1. The van der Waals surface area contributed by atoms with Gasteiger partial charge in [0.1, 0.15) is 0 Å². The Kier molecular flexibility index (Phi) is 9.34. The summed E-state index contributed by atoms with van der Waals surface area (Å²) in [6.07, 6.45) is -0.521. The minimum absolute atomic E-state index is 0.141. The number of guanidine groups is 1. The van der Waals surface area contributed by atoms with Crippen LogP contribution in [0.1, 0.15) is 32.4 Å². The van der Waals surface area contributed by atoms with Crippen molar-refractivity contribution in [3.63, 3.8) is 0 Å². The maximum Gasteiger partial charge on any atom is 0.191 e. The quantitative estimate of drug-likeness (QED) is 0.464. The molecule has 0 aliphatic carbocycles. The van der Waals surface area contributed by atoms with Crippen molar-refractivity contribution in [3.05, 3.63) is 34.9 Å². The maximum atomic E-state index is 10.3. The highest BCUT2D eigenvalue weighted by atomic mass is 35.5. The van der Waals surface area contributed by atoms with Gasteiger partial charge in [-0.05, 0) is 30.5 Å². The predicted octanol–water partition coefficient (Wildman–Crippen LogP) is 2.29. The number of nitrogens with zero attached hydrogens (tertiary/aromatic N) is 2. The number of rotatable bonds is 8. The summed E-state index contributed by atoms with van der Waals surface area (Å²) in [4.78, 5) is 6.96. The Balaban J connectivity index is 1.84. The summed E-state index contributed by atoms with van der Waals surface area (Å²) >= 11 is 5.89. The summed E-state index contributed by atoms with van der Waals surface area (Å²) in [6, 6.07) is 7.19. The largest absolute Gasteiger partial charge is 0.386 e. The van der Waals surface area contributed by atoms with Crippen LogP contribution in [0.25, 0.3) is 0 Å². The number of aliphatic hydroxyl groups excluding tert-OH is 1. The van der Waals surface area contributed by atoms with Crippen LogP contribution in [0, 0.1) is 5.92 Å². The Morgan fingerprint density at radius 3 is 2.74 bits per heavy atom. The van der Waals surface area contributed by atoms with Crippen LogP contribution >= 0.6 is 11.6 Å². The van der Waals surface area contributed by atoms with Gasteiger partial charge in [-0.15, -0.1) is 0 Å². The first-order valence-electron chi connectivity index (χ1n) is 9.77. The maximum absolute atomic E-state index is 10.3. The number of ether oxygens (including phenoxy) is 1. The second-order valence-electron chi connectivity index (χ2n) is 7.31. The molecule has 1 heterocycles. The van der Waals surface area contributed by atoms with E-state index in [0.717, 1.165) is 38.3 Å². The lowest BCUT2D eigenvalue weighted by atomic mass is 10.1. The van der Waals surface area contributed by atoms with Crippen molar-refractivity contribution in [2.45, 2.75) is 33.0 Å². The highest BCUT2D eigenvalue weighted by Crippen LogP contribution is 2.16. The van der Waals surface area contributed by atoms with Crippen molar-refractivity contribution in [1.29, 1.82) is 0 Å². The number of aliphatic hydroxyl groups is 1. The highest BCUT2D eigenvalue weighted by Gasteiger charge is 2.21. The van der Waals surface area contributed by atoms with Crippen molar-refractivity contribution < 1.29 is 9.84 Å². The molecule has 152 valence electrons. The molecule has 1 aromatic rings. The molecule has 1 aromatic carbocycles. The molecule has 2 rings (SSSR count). The fourth-order valence-electron chi connectivity index (χ4n) is 3.11. The van der Waals surface area contributed by atoms with E-state index in [1.54, 1.807) is 12.1 Å². The van der Waals surface area contributed by atoms with Gasteiger partial charge in [-0.3, -0.25) is 9.89 Å². The van der Waals surface area contributed by atoms with Gasteiger partial charge >= 0.3 is 0 Å². The first-order chi connectivity index (χ1) is 13.0. The molecule has 1 saturated heterocycles. The summed E-state index contributed by atoms with van der Waals surface area (Å²) < 4.78 is 5.88. The van der Waals surface area contributed by atoms with E-state index in [1.807, 2.05) is 19.1 Å². The zero-order valence-corrected chi connectivity index (χ0v) is 17.4. The van der Waals surface area contributed by atoms with Gasteiger partial charge in [-0.2, -0.15) is 0 Å². The van der Waals surface area contributed by atoms with E-state index < -0.39 is 6.10 Å². The van der Waals surface area contributed by atoms with Crippen LogP contribution in [0.2, 0.25) is 5.02 Å². The van der Waals surface area contributed by atoms with E-state index in [4.69, 9.17) is 16.3 Å². The smallest absolute Gasteiger partial charge is 0.191 e. The van der Waals surface area contributed by atoms with Gasteiger partial charge < -0.3 is 20.5 Å². The summed E-state index contributed by atoms with van der Waals surface area (Å²) in [7, 11) is 0. The molecule has 1 fully saturated rings. The molecule has 0 saturated carbocycles. The summed E-state index contributed by atoms with van der Waals surface area (Å²) in [5.74, 6) is 1.35. The third-order valence-electron chi connectivity index (χ3n) is 4.36. The third-order valence-corrected chi connectivity index (χ3v) is 4.62. The van der Waals surface area contributed by atoms with Crippen LogP contribution in [0.3, 0.4) is 0 Å². The summed E-state index contributed by atoms with van der Waals surface area (Å²) in [5.41, 5.74) is 0.805. The van der Waals surface area contributed by atoms with Gasteiger partial charge in [0.25, 0.3) is 0 Å². The van der Waals surface area contributed by atoms with Crippen molar-refractivity contribution in [2.75, 3.05) is 45.9 Å². The number of hydrogen-bond donors (Lipinski definition) is 3. The predicted molar refractivity (Wildman–Crippen MR) is 111 cm³/mol. The topological polar surface area (TPSA) is 69.1 Å². The highest BCUT2D eigenvalue weighted by molar-refractivity contribution is 6.30. The van der Waals surface area contributed by atoms with Crippen molar-refractivity contribution in [3.8, 4) is 0 Å². The molecule has 0 aromatic heterocycles. The van der Waals surface area contributed by atoms with Crippen LogP contribution in [0.4, 0.5) is 0 Å². The van der Waals surface area contributed by atoms with Crippen molar-refractivity contribution >= 4 is 17.6 Å². The second-order valence-corrected chi connectivity index (χ2v) is 7.75. The van der Waals surface area contributed by atoms with Gasteiger partial charge in [0.2, 0.25) is 0 Å². The van der Waals surface area contributed by atoms with Crippen LogP contribution < -0.4 is 10.6 Å². The van der Waals surface area contributed by atoms with E-state index in [9.17, 15) is 5.11 Å². The fraction of sp³-hybridized carbons (Fsp3) is 0.650. The lowest BCUT2D eigenvalue weighted by Gasteiger charge is -2.34. The molecule has 7 heteroatoms. The Morgan fingerprint density at radius 2 is 2.07 bits per heavy atom. The first kappa shape index (κ1) is 22.0. The number of nitrogens with one attached hydrogen (secondary N) is 2. The standard InChI is InChI=1S/C20H33ClN4O2/c1-4-22-20(24-12-19(26)16-5-7-17(21)8-6-16)23-11-18-14-25(9-10-27-18)13-15(2)3/h5-8,15,18-19,26H,4,9-14H2,1-3H3,(H2,22,23,24). The van der Waals surface area contributed by atoms with Gasteiger partial charge in [-0.1, -0.05) is 37.6 Å².